The van der Waals surface area contributed by atoms with Crippen LogP contribution in [0.5, 0.6) is 0 Å². The fourth-order valence-electron chi connectivity index (χ4n) is 3.49. The molecule has 0 heterocycles. The molecule has 0 aliphatic heterocycles. The Morgan fingerprint density at radius 1 is 1.10 bits per heavy atom. The molecule has 0 bridgehead atoms. The fraction of sp³-hybridized carbons (Fsp3) is 0.273. The molecule has 3 rings (SSSR count). The second-order valence-corrected chi connectivity index (χ2v) is 10.3. The van der Waals surface area contributed by atoms with Gasteiger partial charge in [-0.15, -0.1) is 0 Å². The van der Waals surface area contributed by atoms with Crippen molar-refractivity contribution in [3.8, 4) is 0 Å². The van der Waals surface area contributed by atoms with Gasteiger partial charge in [-0.3, -0.25) is 9.52 Å². The Hall–Kier alpha value is -2.64. The third kappa shape index (κ3) is 5.70. The lowest BCUT2D eigenvalue weighted by atomic mass is 9.77. The number of rotatable bonds is 5. The van der Waals surface area contributed by atoms with Crippen molar-refractivity contribution in [3.63, 3.8) is 0 Å². The smallest absolute Gasteiger partial charge is 0.271 e. The minimum Gasteiger partial charge on any atom is -0.280 e. The van der Waals surface area contributed by atoms with Crippen molar-refractivity contribution in [3.05, 3.63) is 70.8 Å². The Bertz CT molecular complexity index is 1120. The first-order valence-corrected chi connectivity index (χ1v) is 11.3. The van der Waals surface area contributed by atoms with Gasteiger partial charge in [0.2, 0.25) is 0 Å². The summed E-state index contributed by atoms with van der Waals surface area (Å²) in [5, 5.41) is 4.74. The molecular weight excluding hydrogens is 422 g/mol. The van der Waals surface area contributed by atoms with Crippen molar-refractivity contribution in [2.45, 2.75) is 38.5 Å². The van der Waals surface area contributed by atoms with Crippen molar-refractivity contribution >= 4 is 38.9 Å². The number of carbonyl (C=O) groups is 1. The van der Waals surface area contributed by atoms with E-state index in [1.165, 1.54) is 23.8 Å². The van der Waals surface area contributed by atoms with Gasteiger partial charge in [0.25, 0.3) is 15.9 Å². The number of amides is 1. The molecule has 30 heavy (non-hydrogen) atoms. The van der Waals surface area contributed by atoms with Gasteiger partial charge < -0.3 is 0 Å². The molecule has 2 aromatic carbocycles. The molecule has 0 atom stereocenters. The maximum absolute atomic E-state index is 12.7. The number of allylic oxidation sites excluding steroid dienone is 2. The topological polar surface area (TPSA) is 87.6 Å². The molecule has 2 N–H and O–H groups in total. The summed E-state index contributed by atoms with van der Waals surface area (Å²) in [6.45, 7) is 6.35. The zero-order valence-electron chi connectivity index (χ0n) is 17.1. The maximum atomic E-state index is 12.7. The number of sulfonamides is 1. The number of halogens is 1. The van der Waals surface area contributed by atoms with Gasteiger partial charge in [0.1, 0.15) is 0 Å². The first-order valence-electron chi connectivity index (χ1n) is 9.47. The summed E-state index contributed by atoms with van der Waals surface area (Å²) in [6, 6.07) is 12.1. The third-order valence-corrected chi connectivity index (χ3v) is 6.27. The Labute approximate surface area is 182 Å². The molecular formula is C22H24ClN3O3S. The van der Waals surface area contributed by atoms with E-state index < -0.39 is 15.9 Å². The van der Waals surface area contributed by atoms with E-state index in [1.54, 1.807) is 30.3 Å². The maximum Gasteiger partial charge on any atom is 0.271 e. The van der Waals surface area contributed by atoms with Crippen LogP contribution in [0.25, 0.3) is 0 Å². The number of anilines is 1. The van der Waals surface area contributed by atoms with E-state index in [0.29, 0.717) is 10.7 Å². The zero-order valence-corrected chi connectivity index (χ0v) is 18.6. The molecule has 8 heteroatoms. The zero-order chi connectivity index (χ0) is 21.9. The van der Waals surface area contributed by atoms with E-state index >= 15 is 0 Å². The van der Waals surface area contributed by atoms with Crippen molar-refractivity contribution in [2.24, 2.45) is 10.5 Å². The van der Waals surface area contributed by atoms with Gasteiger partial charge >= 0.3 is 0 Å². The number of benzene rings is 2. The van der Waals surface area contributed by atoms with Crippen LogP contribution < -0.4 is 10.1 Å². The average molecular weight is 446 g/mol. The van der Waals surface area contributed by atoms with Crippen LogP contribution in [-0.2, 0) is 10.0 Å². The number of nitrogens with zero attached hydrogens (tertiary/aromatic N) is 1. The highest BCUT2D eigenvalue weighted by Gasteiger charge is 2.25. The quantitative estimate of drug-likeness (QED) is 0.635. The molecule has 0 saturated carbocycles. The molecule has 0 saturated heterocycles. The van der Waals surface area contributed by atoms with Crippen LogP contribution in [0.2, 0.25) is 5.02 Å². The molecule has 0 unspecified atom stereocenters. The van der Waals surface area contributed by atoms with E-state index in [9.17, 15) is 13.2 Å². The van der Waals surface area contributed by atoms with E-state index in [2.05, 4.69) is 29.1 Å². The van der Waals surface area contributed by atoms with Crippen LogP contribution in [-0.4, -0.2) is 20.0 Å². The van der Waals surface area contributed by atoms with Crippen LogP contribution in [0.15, 0.2) is 70.2 Å². The largest absolute Gasteiger partial charge is 0.280 e. The third-order valence-electron chi connectivity index (χ3n) is 4.63. The second-order valence-electron chi connectivity index (χ2n) is 8.19. The van der Waals surface area contributed by atoms with Gasteiger partial charge in [0.15, 0.2) is 0 Å². The lowest BCUT2D eigenvalue weighted by molar-refractivity contribution is 0.0954. The van der Waals surface area contributed by atoms with Crippen LogP contribution in [0.3, 0.4) is 0 Å². The minimum absolute atomic E-state index is 0.0210. The Morgan fingerprint density at radius 2 is 1.80 bits per heavy atom. The predicted octanol–water partition coefficient (Wildman–Crippen LogP) is 4.99. The molecule has 2 aromatic rings. The van der Waals surface area contributed by atoms with Crippen LogP contribution >= 0.6 is 11.6 Å². The highest BCUT2D eigenvalue weighted by Crippen LogP contribution is 2.33. The number of hydrogen-bond donors (Lipinski definition) is 2. The van der Waals surface area contributed by atoms with E-state index in [0.717, 1.165) is 18.6 Å². The van der Waals surface area contributed by atoms with E-state index in [-0.39, 0.29) is 15.9 Å². The lowest BCUT2D eigenvalue weighted by Gasteiger charge is -2.29. The van der Waals surface area contributed by atoms with Crippen LogP contribution in [0, 0.1) is 5.41 Å². The highest BCUT2D eigenvalue weighted by atomic mass is 35.5. The molecule has 0 spiro atoms. The molecule has 1 aliphatic rings. The summed E-state index contributed by atoms with van der Waals surface area (Å²) in [5.41, 5.74) is 5.21. The van der Waals surface area contributed by atoms with Gasteiger partial charge in [-0.25, -0.2) is 13.8 Å². The molecule has 0 radical (unpaired) electrons. The predicted molar refractivity (Wildman–Crippen MR) is 120 cm³/mol. The fourth-order valence-corrected chi connectivity index (χ4v) is 4.72. The summed E-state index contributed by atoms with van der Waals surface area (Å²) in [6.07, 6.45) is 3.72. The van der Waals surface area contributed by atoms with E-state index in [4.69, 9.17) is 11.6 Å². The van der Waals surface area contributed by atoms with Crippen LogP contribution in [0.4, 0.5) is 5.69 Å². The first-order chi connectivity index (χ1) is 14.0. The second kappa shape index (κ2) is 8.62. The summed E-state index contributed by atoms with van der Waals surface area (Å²) in [5.74, 6) is -0.472. The monoisotopic (exact) mass is 445 g/mol. The standard InChI is InChI=1S/C22H24ClN3O3S/c1-15-11-19(14-22(2,3)13-15)24-25-21(27)16-5-4-6-20(12-16)30(28,29)26-18-9-7-17(23)8-10-18/h4-12,26H,13-14H2,1-3H3,(H,25,27)/b24-19-. The van der Waals surface area contributed by atoms with E-state index in [1.807, 2.05) is 13.0 Å². The van der Waals surface area contributed by atoms with Gasteiger partial charge in [0.05, 0.1) is 10.6 Å². The molecule has 1 aliphatic carbocycles. The molecule has 1 amide bonds. The van der Waals surface area contributed by atoms with Crippen LogP contribution in [0.1, 0.15) is 44.0 Å². The lowest BCUT2D eigenvalue weighted by Crippen LogP contribution is -2.25. The number of carbonyl (C=O) groups excluding carboxylic acids is 1. The van der Waals surface area contributed by atoms with Crippen molar-refractivity contribution in [2.75, 3.05) is 4.72 Å². The average Bonchev–Trinajstić information content (AvgIpc) is 2.66. The van der Waals surface area contributed by atoms with Crippen molar-refractivity contribution in [1.82, 2.24) is 5.43 Å². The van der Waals surface area contributed by atoms with Crippen molar-refractivity contribution < 1.29 is 13.2 Å². The summed E-state index contributed by atoms with van der Waals surface area (Å²) >= 11 is 5.83. The van der Waals surface area contributed by atoms with Gasteiger partial charge in [-0.2, -0.15) is 5.10 Å². The van der Waals surface area contributed by atoms with Gasteiger partial charge in [-0.1, -0.05) is 37.1 Å². The molecule has 0 fully saturated rings. The number of hydrazone groups is 1. The molecule has 0 aromatic heterocycles. The summed E-state index contributed by atoms with van der Waals surface area (Å²) in [7, 11) is -3.86. The Morgan fingerprint density at radius 3 is 2.47 bits per heavy atom. The van der Waals surface area contributed by atoms with Gasteiger partial charge in [-0.05, 0) is 73.7 Å². The van der Waals surface area contributed by atoms with Crippen molar-refractivity contribution in [1.29, 1.82) is 0 Å². The normalized spacial score (nSPS) is 17.3. The SMILES string of the molecule is CC1=C/C(=N/NC(=O)c2cccc(S(=O)(=O)Nc3ccc(Cl)cc3)c2)CC(C)(C)C1. The number of nitrogens with one attached hydrogen (secondary N) is 2. The Kier molecular flexibility index (Phi) is 6.33. The summed E-state index contributed by atoms with van der Waals surface area (Å²) < 4.78 is 27.8. The molecule has 158 valence electrons. The number of hydrogen-bond acceptors (Lipinski definition) is 4. The minimum atomic E-state index is -3.86. The van der Waals surface area contributed by atoms with Gasteiger partial charge in [0, 0.05) is 16.3 Å². The first kappa shape index (κ1) is 22.1. The highest BCUT2D eigenvalue weighted by molar-refractivity contribution is 7.92. The summed E-state index contributed by atoms with van der Waals surface area (Å²) in [4.78, 5) is 12.5. The molecule has 6 nitrogen and oxygen atoms in total. The Balaban J connectivity index is 1.76.